The van der Waals surface area contributed by atoms with Gasteiger partial charge in [-0.1, -0.05) is 70.2 Å². The van der Waals surface area contributed by atoms with Gasteiger partial charge >= 0.3 is 0 Å². The Balaban J connectivity index is 0.00000112. The molecule has 23 heavy (non-hydrogen) atoms. The fraction of sp³-hybridized carbons (Fsp3) is 0.250. The zero-order chi connectivity index (χ0) is 17.8. The molecule has 0 saturated carbocycles. The smallest absolute Gasteiger partial charge is 0.256 e. The van der Waals surface area contributed by atoms with Crippen LogP contribution in [-0.4, -0.2) is 5.91 Å². The van der Waals surface area contributed by atoms with Crippen LogP contribution in [0, 0.1) is 0 Å². The Morgan fingerprint density at radius 3 is 2.09 bits per heavy atom. The fourth-order valence-corrected chi connectivity index (χ4v) is 2.08. The number of nitrogens with one attached hydrogen (secondary N) is 1. The molecule has 1 heterocycles. The van der Waals surface area contributed by atoms with E-state index >= 15 is 0 Å². The quantitative estimate of drug-likeness (QED) is 0.669. The molecule has 0 radical (unpaired) electrons. The minimum atomic E-state index is -0.101. The van der Waals surface area contributed by atoms with Gasteiger partial charge in [0.2, 0.25) is 0 Å². The van der Waals surface area contributed by atoms with E-state index in [2.05, 4.69) is 11.9 Å². The Morgan fingerprint density at radius 2 is 1.61 bits per heavy atom. The summed E-state index contributed by atoms with van der Waals surface area (Å²) in [7, 11) is 0. The Bertz CT molecular complexity index is 607. The van der Waals surface area contributed by atoms with Crippen LogP contribution in [0.4, 0.5) is 0 Å². The van der Waals surface area contributed by atoms with Crippen molar-refractivity contribution in [2.75, 3.05) is 0 Å². The van der Waals surface area contributed by atoms with E-state index in [-0.39, 0.29) is 5.91 Å². The van der Waals surface area contributed by atoms with Gasteiger partial charge in [-0.25, -0.2) is 0 Å². The number of benzene rings is 1. The molecule has 0 aromatic heterocycles. The van der Waals surface area contributed by atoms with Crippen molar-refractivity contribution >= 4 is 23.6 Å². The Morgan fingerprint density at radius 1 is 1.04 bits per heavy atom. The van der Waals surface area contributed by atoms with Gasteiger partial charge in [0.25, 0.3) is 5.91 Å². The number of rotatable bonds is 2. The van der Waals surface area contributed by atoms with E-state index in [1.807, 2.05) is 58.9 Å². The van der Waals surface area contributed by atoms with Gasteiger partial charge in [0.15, 0.2) is 0 Å². The van der Waals surface area contributed by atoms with Crippen molar-refractivity contribution in [1.82, 2.24) is 5.32 Å². The SMILES string of the molecule is C=C/C=C1/NC(=O)C(=C\c2ccc(Cl)cc2)/C1=C/C.CC.CC. The number of allylic oxidation sites excluding steroid dienone is 4. The third kappa shape index (κ3) is 5.91. The summed E-state index contributed by atoms with van der Waals surface area (Å²) in [5, 5.41) is 3.50. The molecule has 3 heteroatoms. The largest absolute Gasteiger partial charge is 0.321 e. The molecule has 1 aromatic rings. The maximum absolute atomic E-state index is 12.0. The van der Waals surface area contributed by atoms with Crippen molar-refractivity contribution in [3.8, 4) is 0 Å². The van der Waals surface area contributed by atoms with Crippen LogP contribution in [0.25, 0.3) is 6.08 Å². The predicted octanol–water partition coefficient (Wildman–Crippen LogP) is 5.92. The number of carbonyl (C=O) groups is 1. The lowest BCUT2D eigenvalue weighted by atomic mass is 10.0. The number of carbonyl (C=O) groups excluding carboxylic acids is 1. The second-order valence-corrected chi connectivity index (χ2v) is 4.52. The lowest BCUT2D eigenvalue weighted by molar-refractivity contribution is -0.115. The van der Waals surface area contributed by atoms with Gasteiger partial charge in [0.05, 0.1) is 0 Å². The van der Waals surface area contributed by atoms with Gasteiger partial charge in [-0.05, 0) is 36.8 Å². The molecule has 0 atom stereocenters. The highest BCUT2D eigenvalue weighted by Crippen LogP contribution is 2.27. The van der Waals surface area contributed by atoms with Crippen molar-refractivity contribution in [3.63, 3.8) is 0 Å². The third-order valence-electron chi connectivity index (χ3n) is 2.83. The van der Waals surface area contributed by atoms with Gasteiger partial charge < -0.3 is 5.32 Å². The number of hydrogen-bond donors (Lipinski definition) is 1. The Kier molecular flexibility index (Phi) is 10.5. The van der Waals surface area contributed by atoms with E-state index < -0.39 is 0 Å². The van der Waals surface area contributed by atoms with Gasteiger partial charge in [0.1, 0.15) is 0 Å². The lowest BCUT2D eigenvalue weighted by Crippen LogP contribution is -2.13. The van der Waals surface area contributed by atoms with Crippen LogP contribution in [0.1, 0.15) is 40.2 Å². The zero-order valence-electron chi connectivity index (χ0n) is 14.6. The zero-order valence-corrected chi connectivity index (χ0v) is 15.4. The molecule has 2 rings (SSSR count). The molecule has 1 amide bonds. The first-order chi connectivity index (χ1) is 11.2. The predicted molar refractivity (Wildman–Crippen MR) is 102 cm³/mol. The summed E-state index contributed by atoms with van der Waals surface area (Å²) >= 11 is 5.85. The minimum absolute atomic E-state index is 0.101. The summed E-state index contributed by atoms with van der Waals surface area (Å²) in [6.07, 6.45) is 7.21. The monoisotopic (exact) mass is 331 g/mol. The van der Waals surface area contributed by atoms with Gasteiger partial charge in [-0.3, -0.25) is 4.79 Å². The van der Waals surface area contributed by atoms with Crippen LogP contribution >= 0.6 is 11.6 Å². The Hall–Kier alpha value is -2.06. The molecular weight excluding hydrogens is 306 g/mol. The standard InChI is InChI=1S/C16H14ClNO.2C2H6/c1-3-5-15-13(4-2)14(16(19)18-15)10-11-6-8-12(17)9-7-11;2*1-2/h3-10H,1H2,2H3,(H,18,19);2*1-2H3/b13-4-,14-10-,15-5+;;. The molecule has 0 aliphatic carbocycles. The van der Waals surface area contributed by atoms with Gasteiger partial charge in [0, 0.05) is 21.9 Å². The molecule has 2 nitrogen and oxygen atoms in total. The number of amides is 1. The van der Waals surface area contributed by atoms with Crippen molar-refractivity contribution in [3.05, 3.63) is 76.5 Å². The first-order valence-corrected chi connectivity index (χ1v) is 8.32. The molecular formula is C20H26ClNO. The molecule has 1 N–H and O–H groups in total. The van der Waals surface area contributed by atoms with Gasteiger partial charge in [-0.15, -0.1) is 0 Å². The maximum atomic E-state index is 12.0. The van der Waals surface area contributed by atoms with E-state index in [4.69, 9.17) is 11.6 Å². The van der Waals surface area contributed by atoms with Crippen LogP contribution in [0.5, 0.6) is 0 Å². The highest BCUT2D eigenvalue weighted by Gasteiger charge is 2.25. The average Bonchev–Trinajstić information content (AvgIpc) is 2.88. The van der Waals surface area contributed by atoms with Crippen molar-refractivity contribution in [2.24, 2.45) is 0 Å². The van der Waals surface area contributed by atoms with Crippen LogP contribution in [0.15, 0.2) is 65.9 Å². The average molecular weight is 332 g/mol. The molecule has 1 fully saturated rings. The van der Waals surface area contributed by atoms with E-state index in [0.29, 0.717) is 10.6 Å². The van der Waals surface area contributed by atoms with Crippen LogP contribution in [0.2, 0.25) is 5.02 Å². The van der Waals surface area contributed by atoms with Crippen LogP contribution in [0.3, 0.4) is 0 Å². The fourth-order valence-electron chi connectivity index (χ4n) is 1.95. The summed E-state index contributed by atoms with van der Waals surface area (Å²) in [5.41, 5.74) is 3.26. The minimum Gasteiger partial charge on any atom is -0.321 e. The topological polar surface area (TPSA) is 29.1 Å². The van der Waals surface area contributed by atoms with Gasteiger partial charge in [-0.2, -0.15) is 0 Å². The van der Waals surface area contributed by atoms with Crippen molar-refractivity contribution in [2.45, 2.75) is 34.6 Å². The maximum Gasteiger partial charge on any atom is 0.256 e. The summed E-state index contributed by atoms with van der Waals surface area (Å²) < 4.78 is 0. The van der Waals surface area contributed by atoms with Crippen LogP contribution in [-0.2, 0) is 4.79 Å². The molecule has 0 unspecified atom stereocenters. The number of halogens is 1. The van der Waals surface area contributed by atoms with Crippen LogP contribution < -0.4 is 5.32 Å². The molecule has 124 valence electrons. The highest BCUT2D eigenvalue weighted by molar-refractivity contribution is 6.30. The third-order valence-corrected chi connectivity index (χ3v) is 3.08. The summed E-state index contributed by atoms with van der Waals surface area (Å²) in [6, 6.07) is 7.36. The summed E-state index contributed by atoms with van der Waals surface area (Å²) in [4.78, 5) is 12.0. The molecule has 1 saturated heterocycles. The van der Waals surface area contributed by atoms with Crippen molar-refractivity contribution < 1.29 is 4.79 Å². The van der Waals surface area contributed by atoms with E-state index in [9.17, 15) is 4.79 Å². The van der Waals surface area contributed by atoms with Crippen molar-refractivity contribution in [1.29, 1.82) is 0 Å². The first-order valence-electron chi connectivity index (χ1n) is 7.94. The highest BCUT2D eigenvalue weighted by atomic mass is 35.5. The van der Waals surface area contributed by atoms with E-state index in [0.717, 1.165) is 16.8 Å². The lowest BCUT2D eigenvalue weighted by Gasteiger charge is -1.99. The molecule has 1 aliphatic heterocycles. The first kappa shape index (κ1) is 20.9. The summed E-state index contributed by atoms with van der Waals surface area (Å²) in [6.45, 7) is 13.6. The van der Waals surface area contributed by atoms with E-state index in [1.165, 1.54) is 0 Å². The van der Waals surface area contributed by atoms with E-state index in [1.54, 1.807) is 24.3 Å². The molecule has 0 spiro atoms. The normalized spacial score (nSPS) is 18.0. The Labute approximate surface area is 145 Å². The second-order valence-electron chi connectivity index (χ2n) is 4.08. The molecule has 1 aliphatic rings. The molecule has 1 aromatic carbocycles. The second kappa shape index (κ2) is 11.5. The molecule has 0 bridgehead atoms. The number of hydrogen-bond acceptors (Lipinski definition) is 1. The summed E-state index contributed by atoms with van der Waals surface area (Å²) in [5.74, 6) is -0.101.